The second-order valence-corrected chi connectivity index (χ2v) is 11.2. The minimum atomic E-state index is -0.701. The standard InChI is InChI=1S/C31H47ClN2O3/c1-3-4-5-9-22-37-28-18-14-26(15-19-28)30(31(36)33-27-16-12-24(2)13-17-27)34(29(35)23-32)21-20-25-10-7-6-8-11-25/h10,14-15,18-19,24,27,30H,3-9,11-13,16-17,20-23H2,1-2H3,(H,33,36)/t24?,27?,30-/m1/s1. The zero-order valence-corrected chi connectivity index (χ0v) is 23.7. The monoisotopic (exact) mass is 530 g/mol. The Hall–Kier alpha value is -2.01. The number of benzene rings is 1. The Morgan fingerprint density at radius 1 is 1.08 bits per heavy atom. The summed E-state index contributed by atoms with van der Waals surface area (Å²) < 4.78 is 5.93. The molecule has 0 saturated heterocycles. The van der Waals surface area contributed by atoms with Crippen molar-refractivity contribution in [1.82, 2.24) is 10.2 Å². The van der Waals surface area contributed by atoms with Crippen LogP contribution in [0, 0.1) is 5.92 Å². The first-order chi connectivity index (χ1) is 18.0. The molecule has 1 aromatic carbocycles. The van der Waals surface area contributed by atoms with E-state index in [4.69, 9.17) is 16.3 Å². The summed E-state index contributed by atoms with van der Waals surface area (Å²) in [6.45, 7) is 5.66. The second kappa shape index (κ2) is 16.1. The van der Waals surface area contributed by atoms with Gasteiger partial charge in [0, 0.05) is 12.6 Å². The number of allylic oxidation sites excluding steroid dienone is 1. The topological polar surface area (TPSA) is 58.6 Å². The third kappa shape index (κ3) is 9.67. The van der Waals surface area contributed by atoms with Crippen molar-refractivity contribution in [3.8, 4) is 5.75 Å². The first-order valence-corrected chi connectivity index (χ1v) is 15.1. The summed E-state index contributed by atoms with van der Waals surface area (Å²) in [7, 11) is 0. The molecule has 0 aromatic heterocycles. The van der Waals surface area contributed by atoms with E-state index in [0.29, 0.717) is 19.1 Å². The molecule has 37 heavy (non-hydrogen) atoms. The molecule has 3 rings (SSSR count). The SMILES string of the molecule is CCCCCCOc1ccc([C@H](C(=O)NC2CCC(C)CC2)N(CCC2=CCCCC2)C(=O)CCl)cc1. The Kier molecular flexibility index (Phi) is 12.8. The summed E-state index contributed by atoms with van der Waals surface area (Å²) in [5.74, 6) is 1.05. The highest BCUT2D eigenvalue weighted by atomic mass is 35.5. The minimum Gasteiger partial charge on any atom is -0.494 e. The molecular formula is C31H47ClN2O3. The van der Waals surface area contributed by atoms with Crippen molar-refractivity contribution in [2.24, 2.45) is 5.92 Å². The van der Waals surface area contributed by atoms with Crippen LogP contribution in [-0.4, -0.2) is 41.8 Å². The molecule has 5 nitrogen and oxygen atoms in total. The molecule has 1 fully saturated rings. The number of rotatable bonds is 14. The lowest BCUT2D eigenvalue weighted by molar-refractivity contribution is -0.139. The number of hydrogen-bond acceptors (Lipinski definition) is 3. The third-order valence-corrected chi connectivity index (χ3v) is 8.11. The summed E-state index contributed by atoms with van der Waals surface area (Å²) in [4.78, 5) is 28.6. The molecule has 0 spiro atoms. The van der Waals surface area contributed by atoms with Crippen LogP contribution in [0.3, 0.4) is 0 Å². The van der Waals surface area contributed by atoms with E-state index in [2.05, 4.69) is 25.2 Å². The average molecular weight is 531 g/mol. The van der Waals surface area contributed by atoms with E-state index in [0.717, 1.165) is 62.7 Å². The van der Waals surface area contributed by atoms with E-state index in [1.807, 2.05) is 24.3 Å². The maximum absolute atomic E-state index is 13.8. The zero-order chi connectivity index (χ0) is 26.5. The normalized spacial score (nSPS) is 20.6. The Morgan fingerprint density at radius 3 is 2.49 bits per heavy atom. The van der Waals surface area contributed by atoms with Crippen LogP contribution in [0.1, 0.15) is 109 Å². The fraction of sp³-hybridized carbons (Fsp3) is 0.677. The highest BCUT2D eigenvalue weighted by Crippen LogP contribution is 2.29. The van der Waals surface area contributed by atoms with Crippen LogP contribution in [0.25, 0.3) is 0 Å². The van der Waals surface area contributed by atoms with E-state index in [1.54, 1.807) is 4.90 Å². The van der Waals surface area contributed by atoms with E-state index >= 15 is 0 Å². The Balaban J connectivity index is 1.76. The minimum absolute atomic E-state index is 0.108. The number of nitrogens with zero attached hydrogens (tertiary/aromatic N) is 1. The van der Waals surface area contributed by atoms with Gasteiger partial charge in [-0.3, -0.25) is 9.59 Å². The van der Waals surface area contributed by atoms with Gasteiger partial charge in [0.2, 0.25) is 11.8 Å². The first kappa shape index (κ1) is 29.5. The van der Waals surface area contributed by atoms with E-state index in [9.17, 15) is 9.59 Å². The predicted molar refractivity (Wildman–Crippen MR) is 152 cm³/mol. The van der Waals surface area contributed by atoms with Gasteiger partial charge in [-0.15, -0.1) is 11.6 Å². The number of amides is 2. The van der Waals surface area contributed by atoms with Crippen LogP contribution in [0.2, 0.25) is 0 Å². The van der Waals surface area contributed by atoms with E-state index in [-0.39, 0.29) is 23.7 Å². The highest BCUT2D eigenvalue weighted by Gasteiger charge is 2.33. The predicted octanol–water partition coefficient (Wildman–Crippen LogP) is 7.34. The summed E-state index contributed by atoms with van der Waals surface area (Å²) in [5, 5.41) is 3.28. The van der Waals surface area contributed by atoms with Crippen LogP contribution in [0.4, 0.5) is 0 Å². The highest BCUT2D eigenvalue weighted by molar-refractivity contribution is 6.27. The molecule has 1 aromatic rings. The number of alkyl halides is 1. The van der Waals surface area contributed by atoms with Gasteiger partial charge < -0.3 is 15.0 Å². The molecule has 2 aliphatic rings. The van der Waals surface area contributed by atoms with Crippen LogP contribution < -0.4 is 10.1 Å². The number of hydrogen-bond donors (Lipinski definition) is 1. The largest absolute Gasteiger partial charge is 0.494 e. The second-order valence-electron chi connectivity index (χ2n) is 10.9. The quantitative estimate of drug-likeness (QED) is 0.155. The molecule has 2 amide bonds. The Morgan fingerprint density at radius 2 is 1.84 bits per heavy atom. The van der Waals surface area contributed by atoms with Crippen LogP contribution in [0.15, 0.2) is 35.9 Å². The zero-order valence-electron chi connectivity index (χ0n) is 23.0. The van der Waals surface area contributed by atoms with Gasteiger partial charge in [-0.2, -0.15) is 0 Å². The lowest BCUT2D eigenvalue weighted by atomic mass is 9.87. The molecular weight excluding hydrogens is 484 g/mol. The first-order valence-electron chi connectivity index (χ1n) is 14.6. The van der Waals surface area contributed by atoms with Gasteiger partial charge in [-0.1, -0.05) is 56.9 Å². The number of carbonyl (C=O) groups excluding carboxylic acids is 2. The third-order valence-electron chi connectivity index (χ3n) is 7.88. The molecule has 0 bridgehead atoms. The molecule has 0 heterocycles. The molecule has 1 atom stereocenters. The number of carbonyl (C=O) groups is 2. The number of nitrogens with one attached hydrogen (secondary N) is 1. The molecule has 206 valence electrons. The van der Waals surface area contributed by atoms with E-state index in [1.165, 1.54) is 37.7 Å². The summed E-state index contributed by atoms with van der Waals surface area (Å²) >= 11 is 6.07. The lowest BCUT2D eigenvalue weighted by Gasteiger charge is -2.34. The summed E-state index contributed by atoms with van der Waals surface area (Å²) in [5.41, 5.74) is 2.18. The van der Waals surface area contributed by atoms with Gasteiger partial charge >= 0.3 is 0 Å². The van der Waals surface area contributed by atoms with Gasteiger partial charge in [-0.05, 0) is 87.8 Å². The molecule has 2 aliphatic carbocycles. The lowest BCUT2D eigenvalue weighted by Crippen LogP contribution is -2.48. The molecule has 0 unspecified atom stereocenters. The van der Waals surface area contributed by atoms with Gasteiger partial charge in [0.25, 0.3) is 0 Å². The van der Waals surface area contributed by atoms with Crippen LogP contribution in [0.5, 0.6) is 5.75 Å². The number of unbranched alkanes of at least 4 members (excludes halogenated alkanes) is 3. The Labute approximate surface area is 229 Å². The van der Waals surface area contributed by atoms with Crippen molar-refractivity contribution in [2.45, 2.75) is 109 Å². The maximum atomic E-state index is 13.8. The average Bonchev–Trinajstić information content (AvgIpc) is 2.93. The van der Waals surface area contributed by atoms with Gasteiger partial charge in [0.1, 0.15) is 17.7 Å². The van der Waals surface area contributed by atoms with E-state index < -0.39 is 6.04 Å². The smallest absolute Gasteiger partial charge is 0.247 e. The molecule has 1 N–H and O–H groups in total. The number of halogens is 1. The van der Waals surface area contributed by atoms with Crippen molar-refractivity contribution in [1.29, 1.82) is 0 Å². The van der Waals surface area contributed by atoms with Crippen LogP contribution >= 0.6 is 11.6 Å². The van der Waals surface area contributed by atoms with Crippen molar-refractivity contribution in [3.05, 3.63) is 41.5 Å². The molecule has 0 radical (unpaired) electrons. The van der Waals surface area contributed by atoms with Gasteiger partial charge in [0.05, 0.1) is 6.61 Å². The fourth-order valence-electron chi connectivity index (χ4n) is 5.49. The van der Waals surface area contributed by atoms with Crippen molar-refractivity contribution < 1.29 is 14.3 Å². The van der Waals surface area contributed by atoms with Crippen LogP contribution in [-0.2, 0) is 9.59 Å². The molecule has 1 saturated carbocycles. The molecule has 6 heteroatoms. The summed E-state index contributed by atoms with van der Waals surface area (Å²) in [6, 6.07) is 7.17. The van der Waals surface area contributed by atoms with Gasteiger partial charge in [0.15, 0.2) is 0 Å². The van der Waals surface area contributed by atoms with Crippen molar-refractivity contribution in [3.63, 3.8) is 0 Å². The van der Waals surface area contributed by atoms with Crippen molar-refractivity contribution >= 4 is 23.4 Å². The summed E-state index contributed by atoms with van der Waals surface area (Å²) in [6.07, 6.45) is 16.5. The fourth-order valence-corrected chi connectivity index (χ4v) is 5.65. The number of ether oxygens (including phenoxy) is 1. The maximum Gasteiger partial charge on any atom is 0.247 e. The molecule has 0 aliphatic heterocycles. The Bertz CT molecular complexity index is 862. The van der Waals surface area contributed by atoms with Gasteiger partial charge in [-0.25, -0.2) is 0 Å². The van der Waals surface area contributed by atoms with Crippen molar-refractivity contribution in [2.75, 3.05) is 19.0 Å².